The van der Waals surface area contributed by atoms with E-state index in [9.17, 15) is 0 Å². The molecule has 0 radical (unpaired) electrons. The molecule has 1 N–H and O–H groups in total. The highest BCUT2D eigenvalue weighted by molar-refractivity contribution is 7.09. The van der Waals surface area contributed by atoms with E-state index in [1.165, 1.54) is 0 Å². The van der Waals surface area contributed by atoms with Crippen molar-refractivity contribution in [3.63, 3.8) is 0 Å². The number of aryl methyl sites for hydroxylation is 2. The molecule has 1 atom stereocenters. The summed E-state index contributed by atoms with van der Waals surface area (Å²) in [5.41, 5.74) is 2.02. The normalized spacial score (nSPS) is 12.4. The van der Waals surface area contributed by atoms with Gasteiger partial charge in [0.25, 0.3) is 0 Å². The van der Waals surface area contributed by atoms with Crippen molar-refractivity contribution in [3.05, 3.63) is 28.0 Å². The number of rotatable bonds is 6. The smallest absolute Gasteiger partial charge is 0.242 e. The lowest BCUT2D eigenvalue weighted by atomic mass is 10.2. The van der Waals surface area contributed by atoms with Gasteiger partial charge in [0.15, 0.2) is 0 Å². The molecule has 0 fully saturated rings. The Morgan fingerprint density at radius 3 is 2.63 bits per heavy atom. The highest BCUT2D eigenvalue weighted by atomic mass is 32.1. The van der Waals surface area contributed by atoms with Gasteiger partial charge in [0.1, 0.15) is 0 Å². The Morgan fingerprint density at radius 2 is 2.00 bits per heavy atom. The first-order chi connectivity index (χ1) is 9.24. The molecule has 6 heteroatoms. The highest BCUT2D eigenvalue weighted by Gasteiger charge is 2.10. The van der Waals surface area contributed by atoms with Gasteiger partial charge in [0.2, 0.25) is 5.95 Å². The van der Waals surface area contributed by atoms with E-state index in [1.54, 1.807) is 11.3 Å². The van der Waals surface area contributed by atoms with Crippen LogP contribution in [0.25, 0.3) is 0 Å². The van der Waals surface area contributed by atoms with Crippen molar-refractivity contribution < 1.29 is 0 Å². The van der Waals surface area contributed by atoms with Crippen molar-refractivity contribution in [3.8, 4) is 0 Å². The average Bonchev–Trinajstić information content (AvgIpc) is 2.98. The van der Waals surface area contributed by atoms with Crippen LogP contribution in [0.3, 0.4) is 0 Å². The van der Waals surface area contributed by atoms with Crippen LogP contribution in [0.15, 0.2) is 11.6 Å². The Hall–Kier alpha value is -1.56. The van der Waals surface area contributed by atoms with Gasteiger partial charge in [-0.25, -0.2) is 9.97 Å². The van der Waals surface area contributed by atoms with Crippen molar-refractivity contribution in [2.45, 2.75) is 39.5 Å². The third-order valence-electron chi connectivity index (χ3n) is 2.95. The molecular formula is C13H19N5S. The molecule has 0 bridgehead atoms. The molecule has 0 spiro atoms. The van der Waals surface area contributed by atoms with Gasteiger partial charge >= 0.3 is 0 Å². The first-order valence-electron chi connectivity index (χ1n) is 6.60. The fraction of sp³-hybridized carbons (Fsp3) is 0.538. The molecular weight excluding hydrogens is 258 g/mol. The third kappa shape index (κ3) is 3.47. The van der Waals surface area contributed by atoms with Crippen LogP contribution >= 0.6 is 11.3 Å². The van der Waals surface area contributed by atoms with Gasteiger partial charge < -0.3 is 5.32 Å². The predicted molar refractivity (Wildman–Crippen MR) is 77.6 cm³/mol. The summed E-state index contributed by atoms with van der Waals surface area (Å²) in [5, 5.41) is 14.7. The molecule has 0 aromatic carbocycles. The van der Waals surface area contributed by atoms with E-state index in [-0.39, 0.29) is 0 Å². The number of thiazole rings is 1. The molecule has 102 valence electrons. The first kappa shape index (κ1) is 13.9. The van der Waals surface area contributed by atoms with Gasteiger partial charge in [-0.05, 0) is 12.8 Å². The van der Waals surface area contributed by atoms with Gasteiger partial charge in [0, 0.05) is 24.0 Å². The molecule has 2 aromatic rings. The van der Waals surface area contributed by atoms with E-state index in [4.69, 9.17) is 0 Å². The summed E-state index contributed by atoms with van der Waals surface area (Å²) >= 11 is 1.67. The second-order valence-corrected chi connectivity index (χ2v) is 5.31. The van der Waals surface area contributed by atoms with Crippen LogP contribution in [-0.4, -0.2) is 26.7 Å². The molecule has 0 aliphatic carbocycles. The fourth-order valence-electron chi connectivity index (χ4n) is 1.82. The maximum Gasteiger partial charge on any atom is 0.242 e. The number of nitrogens with one attached hydrogen (secondary N) is 1. The summed E-state index contributed by atoms with van der Waals surface area (Å²) in [6.45, 7) is 7.07. The lowest BCUT2D eigenvalue weighted by Gasteiger charge is -2.11. The van der Waals surface area contributed by atoms with Crippen molar-refractivity contribution >= 4 is 17.3 Å². The van der Waals surface area contributed by atoms with E-state index >= 15 is 0 Å². The van der Waals surface area contributed by atoms with Crippen molar-refractivity contribution in [1.29, 1.82) is 0 Å². The first-order valence-corrected chi connectivity index (χ1v) is 7.48. The van der Waals surface area contributed by atoms with E-state index in [0.29, 0.717) is 11.9 Å². The number of hydrogen-bond acceptors (Lipinski definition) is 6. The summed E-state index contributed by atoms with van der Waals surface area (Å²) in [7, 11) is 0. The zero-order valence-corrected chi connectivity index (χ0v) is 12.4. The second kappa shape index (κ2) is 6.56. The maximum atomic E-state index is 4.51. The van der Waals surface area contributed by atoms with Crippen LogP contribution in [0, 0.1) is 0 Å². The van der Waals surface area contributed by atoms with Gasteiger partial charge in [-0.1, -0.05) is 20.8 Å². The lowest BCUT2D eigenvalue weighted by molar-refractivity contribution is 0.767. The Balaban J connectivity index is 1.99. The van der Waals surface area contributed by atoms with Crippen LogP contribution in [-0.2, 0) is 12.8 Å². The quantitative estimate of drug-likeness (QED) is 0.879. The summed E-state index contributed by atoms with van der Waals surface area (Å²) in [4.78, 5) is 8.83. The molecule has 0 aliphatic heterocycles. The topological polar surface area (TPSA) is 63.6 Å². The van der Waals surface area contributed by atoms with Crippen LogP contribution < -0.4 is 5.32 Å². The van der Waals surface area contributed by atoms with Crippen molar-refractivity contribution in [1.82, 2.24) is 20.2 Å². The Bertz CT molecular complexity index is 512. The maximum absolute atomic E-state index is 4.51. The summed E-state index contributed by atoms with van der Waals surface area (Å²) in [5.74, 6) is 0.956. The van der Waals surface area contributed by atoms with Crippen LogP contribution in [0.1, 0.15) is 43.1 Å². The number of anilines is 1. The Labute approximate surface area is 117 Å². The van der Waals surface area contributed by atoms with Gasteiger partial charge in [-0.3, -0.25) is 0 Å². The Morgan fingerprint density at radius 1 is 1.21 bits per heavy atom. The molecule has 2 heterocycles. The predicted octanol–water partition coefficient (Wildman–Crippen LogP) is 2.67. The minimum atomic E-state index is 0.347. The summed E-state index contributed by atoms with van der Waals surface area (Å²) in [6, 6.07) is 0. The van der Waals surface area contributed by atoms with E-state index < -0.39 is 0 Å². The van der Waals surface area contributed by atoms with Gasteiger partial charge in [-0.15, -0.1) is 16.4 Å². The number of hydrogen-bond donors (Lipinski definition) is 1. The second-order valence-electron chi connectivity index (χ2n) is 4.39. The molecule has 1 unspecified atom stereocenters. The highest BCUT2D eigenvalue weighted by Crippen LogP contribution is 2.17. The number of nitrogens with zero attached hydrogens (tertiary/aromatic N) is 4. The molecule has 5 nitrogen and oxygen atoms in total. The molecule has 0 saturated heterocycles. The molecule has 2 aromatic heterocycles. The number of aromatic nitrogens is 4. The third-order valence-corrected chi connectivity index (χ3v) is 3.96. The SMILES string of the molecule is CCc1nnc(NCC(C)c2nccs2)nc1CC. The Kier molecular flexibility index (Phi) is 4.79. The minimum absolute atomic E-state index is 0.347. The monoisotopic (exact) mass is 277 g/mol. The van der Waals surface area contributed by atoms with E-state index in [0.717, 1.165) is 35.8 Å². The van der Waals surface area contributed by atoms with Crippen molar-refractivity contribution in [2.24, 2.45) is 0 Å². The van der Waals surface area contributed by atoms with Crippen LogP contribution in [0.2, 0.25) is 0 Å². The van der Waals surface area contributed by atoms with Gasteiger partial charge in [-0.2, -0.15) is 5.10 Å². The van der Waals surface area contributed by atoms with Crippen LogP contribution in [0.5, 0.6) is 0 Å². The average molecular weight is 277 g/mol. The van der Waals surface area contributed by atoms with E-state index in [1.807, 2.05) is 11.6 Å². The molecule has 0 amide bonds. The standard InChI is InChI=1S/C13H19N5S/c1-4-10-11(5-2)17-18-13(16-10)15-8-9(3)12-14-6-7-19-12/h6-7,9H,4-5,8H2,1-3H3,(H,15,16,18). The molecule has 19 heavy (non-hydrogen) atoms. The lowest BCUT2D eigenvalue weighted by Crippen LogP contribution is -2.14. The largest absolute Gasteiger partial charge is 0.352 e. The zero-order chi connectivity index (χ0) is 13.7. The minimum Gasteiger partial charge on any atom is -0.352 e. The van der Waals surface area contributed by atoms with Gasteiger partial charge in [0.05, 0.1) is 16.4 Å². The summed E-state index contributed by atoms with van der Waals surface area (Å²) in [6.07, 6.45) is 3.59. The molecule has 0 saturated carbocycles. The van der Waals surface area contributed by atoms with E-state index in [2.05, 4.69) is 46.3 Å². The fourth-order valence-corrected chi connectivity index (χ4v) is 2.52. The zero-order valence-electron chi connectivity index (χ0n) is 11.6. The molecule has 2 rings (SSSR count). The van der Waals surface area contributed by atoms with Crippen molar-refractivity contribution in [2.75, 3.05) is 11.9 Å². The molecule has 0 aliphatic rings. The van der Waals surface area contributed by atoms with Crippen LogP contribution in [0.4, 0.5) is 5.95 Å². The summed E-state index contributed by atoms with van der Waals surface area (Å²) < 4.78 is 0.